The maximum absolute atomic E-state index is 9.43. The molecule has 0 aliphatic rings. The smallest absolute Gasteiger partial charge is 0.0968 e. The molecule has 0 heterocycles. The maximum atomic E-state index is 9.43. The number of hydrogen-bond donors (Lipinski definition) is 1. The Kier molecular flexibility index (Phi) is 3.84. The van der Waals surface area contributed by atoms with E-state index < -0.39 is 6.10 Å². The van der Waals surface area contributed by atoms with Gasteiger partial charge in [0.15, 0.2) is 0 Å². The molecule has 1 N–H and O–H groups in total. The molecule has 0 fully saturated rings. The zero-order valence-electron chi connectivity index (χ0n) is 7.33. The third-order valence-electron chi connectivity index (χ3n) is 2.05. The van der Waals surface area contributed by atoms with Crippen molar-refractivity contribution in [2.24, 2.45) is 11.8 Å². The molecule has 2 unspecified atom stereocenters. The molecule has 0 rings (SSSR count). The molecule has 11 heavy (non-hydrogen) atoms. The third kappa shape index (κ3) is 2.73. The number of rotatable bonds is 3. The van der Waals surface area contributed by atoms with Gasteiger partial charge >= 0.3 is 0 Å². The monoisotopic (exact) mass is 153 g/mol. The molecule has 0 saturated carbocycles. The number of aliphatic hydroxyl groups is 1. The van der Waals surface area contributed by atoms with E-state index in [-0.39, 0.29) is 11.5 Å². The van der Waals surface area contributed by atoms with Crippen LogP contribution in [0.5, 0.6) is 0 Å². The van der Waals surface area contributed by atoms with Crippen LogP contribution in [0.4, 0.5) is 0 Å². The van der Waals surface area contributed by atoms with E-state index in [0.29, 0.717) is 5.92 Å². The molecule has 0 aromatic heterocycles. The number of aliphatic hydroxyl groups excluding tert-OH is 1. The lowest BCUT2D eigenvalue weighted by Gasteiger charge is -2.20. The van der Waals surface area contributed by atoms with E-state index >= 15 is 0 Å². The van der Waals surface area contributed by atoms with Crippen molar-refractivity contribution in [3.8, 4) is 6.07 Å². The summed E-state index contributed by atoms with van der Waals surface area (Å²) in [5.41, 5.74) is 0.256. The second-order valence-corrected chi connectivity index (χ2v) is 3.19. The largest absolute Gasteiger partial charge is 0.387 e. The molecule has 0 aromatic rings. The van der Waals surface area contributed by atoms with Crippen molar-refractivity contribution in [2.75, 3.05) is 0 Å². The Balaban J connectivity index is 4.15. The topological polar surface area (TPSA) is 44.0 Å². The fourth-order valence-corrected chi connectivity index (χ4v) is 0.748. The van der Waals surface area contributed by atoms with Crippen molar-refractivity contribution in [1.29, 1.82) is 5.26 Å². The van der Waals surface area contributed by atoms with Crippen LogP contribution in [0.15, 0.2) is 12.2 Å². The molecular formula is C9H15NO. The molecule has 0 bridgehead atoms. The average Bonchev–Trinajstić information content (AvgIpc) is 2.00. The van der Waals surface area contributed by atoms with E-state index in [9.17, 15) is 5.11 Å². The normalized spacial score (nSPS) is 15.6. The highest BCUT2D eigenvalue weighted by Gasteiger charge is 2.19. The Morgan fingerprint density at radius 2 is 1.91 bits per heavy atom. The van der Waals surface area contributed by atoms with Crippen molar-refractivity contribution >= 4 is 0 Å². The quantitative estimate of drug-likeness (QED) is 0.627. The summed E-state index contributed by atoms with van der Waals surface area (Å²) < 4.78 is 0. The van der Waals surface area contributed by atoms with Gasteiger partial charge in [0, 0.05) is 0 Å². The van der Waals surface area contributed by atoms with Crippen LogP contribution in [0, 0.1) is 23.2 Å². The van der Waals surface area contributed by atoms with Gasteiger partial charge in [0.2, 0.25) is 0 Å². The number of nitrogens with zero attached hydrogens (tertiary/aromatic N) is 1. The third-order valence-corrected chi connectivity index (χ3v) is 2.05. The summed E-state index contributed by atoms with van der Waals surface area (Å²) in [6.45, 7) is 9.40. The first-order chi connectivity index (χ1) is 5.00. The van der Waals surface area contributed by atoms with Crippen molar-refractivity contribution in [3.63, 3.8) is 0 Å². The predicted molar refractivity (Wildman–Crippen MR) is 44.8 cm³/mol. The fraction of sp³-hybridized carbons (Fsp3) is 0.667. The van der Waals surface area contributed by atoms with Crippen LogP contribution in [-0.4, -0.2) is 11.2 Å². The minimum absolute atomic E-state index is 0.0992. The second-order valence-electron chi connectivity index (χ2n) is 3.19. The van der Waals surface area contributed by atoms with Gasteiger partial charge in [0.25, 0.3) is 0 Å². The van der Waals surface area contributed by atoms with Crippen molar-refractivity contribution in [2.45, 2.75) is 26.9 Å². The summed E-state index contributed by atoms with van der Waals surface area (Å²) in [6, 6.07) is 1.86. The van der Waals surface area contributed by atoms with E-state index in [1.165, 1.54) is 0 Å². The van der Waals surface area contributed by atoms with Gasteiger partial charge in [-0.25, -0.2) is 0 Å². The molecule has 0 aliphatic carbocycles. The van der Waals surface area contributed by atoms with Crippen LogP contribution < -0.4 is 0 Å². The Morgan fingerprint density at radius 3 is 2.18 bits per heavy atom. The highest BCUT2D eigenvalue weighted by Crippen LogP contribution is 2.18. The Morgan fingerprint density at radius 1 is 1.45 bits per heavy atom. The van der Waals surface area contributed by atoms with E-state index in [0.717, 1.165) is 0 Å². The fourth-order valence-electron chi connectivity index (χ4n) is 0.748. The standard InChI is InChI=1S/C9H15NO/c1-6(2)8(4)9(11)7(3)5-10/h6,8-9,11H,3H2,1-2,4H3. The van der Waals surface area contributed by atoms with Gasteiger partial charge in [0.1, 0.15) is 0 Å². The van der Waals surface area contributed by atoms with Gasteiger partial charge in [-0.05, 0) is 11.8 Å². The van der Waals surface area contributed by atoms with Crippen LogP contribution in [0.25, 0.3) is 0 Å². The lowest BCUT2D eigenvalue weighted by molar-refractivity contribution is 0.128. The minimum Gasteiger partial charge on any atom is -0.387 e. The van der Waals surface area contributed by atoms with E-state index in [1.807, 2.05) is 26.8 Å². The summed E-state index contributed by atoms with van der Waals surface area (Å²) in [5, 5.41) is 17.9. The highest BCUT2D eigenvalue weighted by molar-refractivity contribution is 5.21. The molecule has 2 heteroatoms. The molecule has 62 valence electrons. The van der Waals surface area contributed by atoms with E-state index in [1.54, 1.807) is 0 Å². The van der Waals surface area contributed by atoms with E-state index in [4.69, 9.17) is 5.26 Å². The molecule has 0 spiro atoms. The Bertz CT molecular complexity index is 178. The Labute approximate surface area is 68.2 Å². The molecule has 0 saturated heterocycles. The van der Waals surface area contributed by atoms with Crippen molar-refractivity contribution in [3.05, 3.63) is 12.2 Å². The Hall–Kier alpha value is -0.810. The van der Waals surface area contributed by atoms with Crippen molar-refractivity contribution < 1.29 is 5.11 Å². The van der Waals surface area contributed by atoms with Gasteiger partial charge in [-0.3, -0.25) is 0 Å². The summed E-state index contributed by atoms with van der Waals surface area (Å²) in [5.74, 6) is 0.470. The molecule has 0 amide bonds. The van der Waals surface area contributed by atoms with Crippen molar-refractivity contribution in [1.82, 2.24) is 0 Å². The summed E-state index contributed by atoms with van der Waals surface area (Å²) in [7, 11) is 0. The first-order valence-electron chi connectivity index (χ1n) is 3.77. The molecule has 2 nitrogen and oxygen atoms in total. The molecule has 2 atom stereocenters. The van der Waals surface area contributed by atoms with Crippen LogP contribution in [0.1, 0.15) is 20.8 Å². The lowest BCUT2D eigenvalue weighted by atomic mass is 9.89. The average molecular weight is 153 g/mol. The summed E-state index contributed by atoms with van der Waals surface area (Å²) in [4.78, 5) is 0. The van der Waals surface area contributed by atoms with Crippen LogP contribution in [0.2, 0.25) is 0 Å². The van der Waals surface area contributed by atoms with Gasteiger partial charge in [-0.15, -0.1) is 0 Å². The second kappa shape index (κ2) is 4.15. The first kappa shape index (κ1) is 10.2. The number of hydrogen-bond acceptors (Lipinski definition) is 2. The zero-order chi connectivity index (χ0) is 9.02. The van der Waals surface area contributed by atoms with E-state index in [2.05, 4.69) is 6.58 Å². The zero-order valence-corrected chi connectivity index (χ0v) is 7.33. The maximum Gasteiger partial charge on any atom is 0.0968 e. The summed E-state index contributed by atoms with van der Waals surface area (Å²) in [6.07, 6.45) is -0.681. The van der Waals surface area contributed by atoms with Gasteiger partial charge < -0.3 is 5.11 Å². The van der Waals surface area contributed by atoms with Gasteiger partial charge in [-0.2, -0.15) is 5.26 Å². The molecular weight excluding hydrogens is 138 g/mol. The van der Waals surface area contributed by atoms with Gasteiger partial charge in [0.05, 0.1) is 17.7 Å². The molecule has 0 aliphatic heterocycles. The van der Waals surface area contributed by atoms with Crippen LogP contribution in [0.3, 0.4) is 0 Å². The lowest BCUT2D eigenvalue weighted by Crippen LogP contribution is -2.23. The molecule has 0 aromatic carbocycles. The van der Waals surface area contributed by atoms with Crippen LogP contribution >= 0.6 is 0 Å². The predicted octanol–water partition coefficient (Wildman–Crippen LogP) is 1.72. The molecule has 0 radical (unpaired) electrons. The number of nitriles is 1. The van der Waals surface area contributed by atoms with Crippen LogP contribution in [-0.2, 0) is 0 Å². The van der Waals surface area contributed by atoms with Gasteiger partial charge in [-0.1, -0.05) is 27.4 Å². The SMILES string of the molecule is C=C(C#N)C(O)C(C)C(C)C. The highest BCUT2D eigenvalue weighted by atomic mass is 16.3. The first-order valence-corrected chi connectivity index (χ1v) is 3.77. The minimum atomic E-state index is -0.681. The summed E-state index contributed by atoms with van der Waals surface area (Å²) >= 11 is 0.